The van der Waals surface area contributed by atoms with E-state index in [1.807, 2.05) is 0 Å². The largest absolute Gasteiger partial charge is 1.00 e. The Morgan fingerprint density at radius 2 is 1.80 bits per heavy atom. The topological polar surface area (TPSA) is 60.2 Å². The maximum absolute atomic E-state index is 11.6. The van der Waals surface area contributed by atoms with Crippen LogP contribution >= 0.6 is 0 Å². The maximum Gasteiger partial charge on any atom is 1.00 e. The minimum absolute atomic E-state index is 0. The van der Waals surface area contributed by atoms with Gasteiger partial charge in [0, 0.05) is 0 Å². The van der Waals surface area contributed by atoms with Gasteiger partial charge in [0.1, 0.15) is 0 Å². The number of halogens is 3. The fraction of sp³-hybridized carbons (Fsp3) is 1.00. The van der Waals surface area contributed by atoms with E-state index in [0.717, 1.165) is 0 Å². The SMILES string of the molecule is NS(=O)(=O)C(F)(F)CF.[H-].[Li+]. The zero-order valence-corrected chi connectivity index (χ0v) is 5.96. The van der Waals surface area contributed by atoms with Crippen LogP contribution in [0.15, 0.2) is 0 Å². The number of nitrogens with two attached hydrogens (primary N) is 1. The fourth-order valence-corrected chi connectivity index (χ4v) is 0.228. The third kappa shape index (κ3) is 2.92. The van der Waals surface area contributed by atoms with E-state index in [-0.39, 0.29) is 20.3 Å². The van der Waals surface area contributed by atoms with Crippen molar-refractivity contribution in [2.24, 2.45) is 5.14 Å². The molecule has 3 nitrogen and oxygen atoms in total. The number of hydrogen-bond acceptors (Lipinski definition) is 2. The molecule has 0 aromatic carbocycles. The molecule has 0 fully saturated rings. The van der Waals surface area contributed by atoms with E-state index in [1.54, 1.807) is 0 Å². The number of primary sulfonamides is 1. The molecule has 0 amide bonds. The van der Waals surface area contributed by atoms with Crippen molar-refractivity contribution in [2.45, 2.75) is 5.25 Å². The predicted octanol–water partition coefficient (Wildman–Crippen LogP) is -3.05. The molecule has 0 bridgehead atoms. The van der Waals surface area contributed by atoms with Crippen LogP contribution in [0, 0.1) is 0 Å². The molecule has 0 atom stereocenters. The Labute approximate surface area is 69.5 Å². The molecule has 0 radical (unpaired) electrons. The van der Waals surface area contributed by atoms with Crippen molar-refractivity contribution < 1.29 is 41.9 Å². The molecule has 58 valence electrons. The molecular weight excluding hydrogens is 166 g/mol. The van der Waals surface area contributed by atoms with Crippen LogP contribution in [-0.2, 0) is 10.0 Å². The molecule has 0 unspecified atom stereocenters. The summed E-state index contributed by atoms with van der Waals surface area (Å²) in [6.45, 7) is -2.29. The Balaban J connectivity index is -0.000000320. The van der Waals surface area contributed by atoms with E-state index in [2.05, 4.69) is 5.14 Å². The first-order valence-electron chi connectivity index (χ1n) is 1.77. The van der Waals surface area contributed by atoms with Crippen molar-refractivity contribution in [3.05, 3.63) is 0 Å². The van der Waals surface area contributed by atoms with Crippen molar-refractivity contribution >= 4 is 10.0 Å². The van der Waals surface area contributed by atoms with E-state index in [1.165, 1.54) is 0 Å². The van der Waals surface area contributed by atoms with Crippen molar-refractivity contribution in [3.63, 3.8) is 0 Å². The van der Waals surface area contributed by atoms with Gasteiger partial charge in [-0.25, -0.2) is 17.9 Å². The average Bonchev–Trinajstić information content (AvgIpc) is 1.64. The molecule has 0 saturated carbocycles. The van der Waals surface area contributed by atoms with E-state index in [4.69, 9.17) is 0 Å². The molecule has 0 heterocycles. The van der Waals surface area contributed by atoms with Gasteiger partial charge in [0.25, 0.3) is 10.0 Å². The Bertz CT molecular complexity index is 196. The van der Waals surface area contributed by atoms with Gasteiger partial charge in [-0.05, 0) is 0 Å². The predicted molar refractivity (Wildman–Crippen MR) is 25.1 cm³/mol. The molecule has 10 heavy (non-hydrogen) atoms. The third-order valence-corrected chi connectivity index (χ3v) is 1.51. The number of alkyl halides is 3. The summed E-state index contributed by atoms with van der Waals surface area (Å²) in [5.74, 6) is 0. The molecule has 0 saturated heterocycles. The molecule has 0 aliphatic rings. The summed E-state index contributed by atoms with van der Waals surface area (Å²) < 4.78 is 53.5. The summed E-state index contributed by atoms with van der Waals surface area (Å²) in [5.41, 5.74) is 0. The maximum atomic E-state index is 11.6. The minimum atomic E-state index is -5.06. The molecule has 0 rings (SSSR count). The van der Waals surface area contributed by atoms with Gasteiger partial charge in [0.15, 0.2) is 6.67 Å². The Kier molecular flexibility index (Phi) is 4.68. The zero-order chi connectivity index (χ0) is 7.71. The van der Waals surface area contributed by atoms with Gasteiger partial charge < -0.3 is 1.43 Å². The summed E-state index contributed by atoms with van der Waals surface area (Å²) in [6, 6.07) is 0. The average molecular weight is 171 g/mol. The summed E-state index contributed by atoms with van der Waals surface area (Å²) in [4.78, 5) is 0. The van der Waals surface area contributed by atoms with Gasteiger partial charge in [-0.2, -0.15) is 8.78 Å². The summed E-state index contributed by atoms with van der Waals surface area (Å²) in [6.07, 6.45) is 0. The van der Waals surface area contributed by atoms with Crippen LogP contribution in [0.1, 0.15) is 1.43 Å². The van der Waals surface area contributed by atoms with Crippen molar-refractivity contribution in [3.8, 4) is 0 Å². The van der Waals surface area contributed by atoms with E-state index >= 15 is 0 Å². The Hall–Kier alpha value is 0.297. The van der Waals surface area contributed by atoms with E-state index < -0.39 is 22.0 Å². The second-order valence-corrected chi connectivity index (χ2v) is 3.00. The van der Waals surface area contributed by atoms with Crippen LogP contribution in [0.2, 0.25) is 0 Å². The van der Waals surface area contributed by atoms with E-state index in [0.29, 0.717) is 0 Å². The molecule has 0 aromatic heterocycles. The minimum Gasteiger partial charge on any atom is -1.00 e. The first kappa shape index (κ1) is 12.9. The first-order chi connectivity index (χ1) is 3.81. The zero-order valence-electron chi connectivity index (χ0n) is 6.14. The van der Waals surface area contributed by atoms with Gasteiger partial charge in [0.05, 0.1) is 0 Å². The Morgan fingerprint density at radius 1 is 1.50 bits per heavy atom. The van der Waals surface area contributed by atoms with Gasteiger partial charge in [0.2, 0.25) is 0 Å². The van der Waals surface area contributed by atoms with Crippen molar-refractivity contribution in [1.29, 1.82) is 0 Å². The normalized spacial score (nSPS) is 12.4. The first-order valence-corrected chi connectivity index (χ1v) is 3.32. The molecule has 0 aliphatic carbocycles. The van der Waals surface area contributed by atoms with Crippen molar-refractivity contribution in [2.75, 3.05) is 6.67 Å². The van der Waals surface area contributed by atoms with Crippen molar-refractivity contribution in [1.82, 2.24) is 0 Å². The van der Waals surface area contributed by atoms with Gasteiger partial charge >= 0.3 is 24.1 Å². The van der Waals surface area contributed by atoms with E-state index in [9.17, 15) is 21.6 Å². The summed E-state index contributed by atoms with van der Waals surface area (Å²) in [7, 11) is -5.06. The van der Waals surface area contributed by atoms with Crippen LogP contribution in [0.3, 0.4) is 0 Å². The van der Waals surface area contributed by atoms with Crippen LogP contribution < -0.4 is 24.0 Å². The molecule has 2 N–H and O–H groups in total. The van der Waals surface area contributed by atoms with Gasteiger partial charge in [-0.1, -0.05) is 0 Å². The third-order valence-electron chi connectivity index (χ3n) is 0.572. The molecular formula is C2H5F3LiNO2S. The smallest absolute Gasteiger partial charge is 1.00 e. The second-order valence-electron chi connectivity index (χ2n) is 1.32. The fourth-order valence-electron chi connectivity index (χ4n) is 0.0760. The molecule has 0 aliphatic heterocycles. The quantitative estimate of drug-likeness (QED) is 0.449. The van der Waals surface area contributed by atoms with Gasteiger partial charge in [-0.15, -0.1) is 0 Å². The van der Waals surface area contributed by atoms with Crippen LogP contribution in [0.4, 0.5) is 13.2 Å². The standard InChI is InChI=1S/C2H4F3NO2S.Li.H/c3-1-2(4,5)9(6,7)8;;/h1H2,(H2,6,7,8);;/q;+1;-1. The molecule has 0 spiro atoms. The van der Waals surface area contributed by atoms with Crippen LogP contribution in [-0.4, -0.2) is 20.3 Å². The summed E-state index contributed by atoms with van der Waals surface area (Å²) in [5, 5.41) is -0.532. The summed E-state index contributed by atoms with van der Waals surface area (Å²) >= 11 is 0. The Morgan fingerprint density at radius 3 is 1.80 bits per heavy atom. The van der Waals surface area contributed by atoms with Crippen LogP contribution in [0.5, 0.6) is 0 Å². The number of rotatable bonds is 2. The number of sulfonamides is 1. The second kappa shape index (κ2) is 3.62. The van der Waals surface area contributed by atoms with Crippen LogP contribution in [0.25, 0.3) is 0 Å². The van der Waals surface area contributed by atoms with Gasteiger partial charge in [-0.3, -0.25) is 0 Å². The molecule has 0 aromatic rings. The molecule has 8 heteroatoms. The monoisotopic (exact) mass is 171 g/mol. The number of hydrogen-bond donors (Lipinski definition) is 1.